The topological polar surface area (TPSA) is 60.1 Å². The highest BCUT2D eigenvalue weighted by Crippen LogP contribution is 2.40. The fourth-order valence-corrected chi connectivity index (χ4v) is 3.78. The van der Waals surface area contributed by atoms with Crippen LogP contribution in [0.15, 0.2) is 82.3 Å². The van der Waals surface area contributed by atoms with Gasteiger partial charge >= 0.3 is 0 Å². The van der Waals surface area contributed by atoms with Crippen molar-refractivity contribution in [1.29, 1.82) is 0 Å². The summed E-state index contributed by atoms with van der Waals surface area (Å²) in [6, 6.07) is 19.6. The molecule has 0 aliphatic heterocycles. The molecule has 0 amide bonds. The van der Waals surface area contributed by atoms with Crippen molar-refractivity contribution in [3.8, 4) is 11.1 Å². The summed E-state index contributed by atoms with van der Waals surface area (Å²) in [5, 5.41) is 4.87. The van der Waals surface area contributed by atoms with E-state index in [0.29, 0.717) is 16.9 Å². The second-order valence-electron chi connectivity index (χ2n) is 7.07. The molecule has 0 saturated carbocycles. The monoisotopic (exact) mass is 381 g/mol. The van der Waals surface area contributed by atoms with Crippen LogP contribution in [0.25, 0.3) is 33.0 Å². The van der Waals surface area contributed by atoms with Gasteiger partial charge in [-0.2, -0.15) is 0 Å². The Morgan fingerprint density at radius 2 is 1.69 bits per heavy atom. The molecular weight excluding hydrogens is 362 g/mol. The van der Waals surface area contributed by atoms with Gasteiger partial charge in [-0.1, -0.05) is 30.3 Å². The van der Waals surface area contributed by atoms with Crippen LogP contribution in [0.3, 0.4) is 0 Å². The van der Waals surface area contributed by atoms with Crippen LogP contribution in [-0.4, -0.2) is 9.55 Å². The number of pyridine rings is 2. The van der Waals surface area contributed by atoms with E-state index >= 15 is 0 Å². The number of aryl methyl sites for hydroxylation is 2. The first-order chi connectivity index (χ1) is 14.1. The van der Waals surface area contributed by atoms with E-state index in [1.54, 1.807) is 24.0 Å². The highest BCUT2D eigenvalue weighted by molar-refractivity contribution is 6.11. The smallest absolute Gasteiger partial charge is 0.262 e. The molecule has 0 spiro atoms. The zero-order chi connectivity index (χ0) is 20.0. The number of anilines is 2. The Hall–Kier alpha value is -3.86. The standard InChI is InChI=1S/C24H19N3O2/c1-15-7-3-5-9-18(15)26-23-20(16-11-13-25-14-12-16)21-22(29-23)17-8-4-6-10-19(17)27(2)24(21)28/h3-14,26H,1-2H3. The quantitative estimate of drug-likeness (QED) is 0.455. The van der Waals surface area contributed by atoms with Crippen molar-refractivity contribution in [2.45, 2.75) is 6.92 Å². The van der Waals surface area contributed by atoms with E-state index < -0.39 is 0 Å². The Balaban J connectivity index is 1.90. The van der Waals surface area contributed by atoms with Gasteiger partial charge in [0.1, 0.15) is 0 Å². The van der Waals surface area contributed by atoms with E-state index in [4.69, 9.17) is 4.42 Å². The van der Waals surface area contributed by atoms with Gasteiger partial charge in [0.15, 0.2) is 5.58 Å². The van der Waals surface area contributed by atoms with Crippen LogP contribution in [-0.2, 0) is 7.05 Å². The van der Waals surface area contributed by atoms with Crippen LogP contribution in [0.5, 0.6) is 0 Å². The Labute approximate surface area is 167 Å². The minimum Gasteiger partial charge on any atom is -0.439 e. The van der Waals surface area contributed by atoms with Gasteiger partial charge in [-0.05, 0) is 48.4 Å². The molecule has 5 heteroatoms. The molecule has 0 fully saturated rings. The molecule has 5 aromatic rings. The van der Waals surface area contributed by atoms with E-state index in [0.717, 1.165) is 33.3 Å². The summed E-state index contributed by atoms with van der Waals surface area (Å²) in [6.07, 6.45) is 3.44. The van der Waals surface area contributed by atoms with Crippen LogP contribution >= 0.6 is 0 Å². The molecule has 3 aromatic heterocycles. The Morgan fingerprint density at radius 3 is 2.48 bits per heavy atom. The Kier molecular flexibility index (Phi) is 3.95. The number of nitrogens with zero attached hydrogens (tertiary/aromatic N) is 2. The second kappa shape index (κ2) is 6.63. The summed E-state index contributed by atoms with van der Waals surface area (Å²) in [7, 11) is 1.79. The molecule has 142 valence electrons. The lowest BCUT2D eigenvalue weighted by Gasteiger charge is -2.09. The number of fused-ring (bicyclic) bond motifs is 3. The van der Waals surface area contributed by atoms with Crippen LogP contribution in [0.4, 0.5) is 11.6 Å². The fraction of sp³-hybridized carbons (Fsp3) is 0.0833. The van der Waals surface area contributed by atoms with Crippen molar-refractivity contribution >= 4 is 33.4 Å². The lowest BCUT2D eigenvalue weighted by molar-refractivity contribution is 0.637. The number of furan rings is 1. The van der Waals surface area contributed by atoms with Crippen molar-refractivity contribution in [1.82, 2.24) is 9.55 Å². The number of aromatic nitrogens is 2. The number of hydrogen-bond acceptors (Lipinski definition) is 4. The first-order valence-corrected chi connectivity index (χ1v) is 9.42. The van der Waals surface area contributed by atoms with Gasteiger partial charge in [0.25, 0.3) is 5.56 Å². The first kappa shape index (κ1) is 17.3. The highest BCUT2D eigenvalue weighted by atomic mass is 16.4. The predicted molar refractivity (Wildman–Crippen MR) is 117 cm³/mol. The normalized spacial score (nSPS) is 11.2. The maximum absolute atomic E-state index is 13.3. The van der Waals surface area contributed by atoms with Crippen LogP contribution in [0, 0.1) is 6.92 Å². The molecule has 0 aliphatic rings. The summed E-state index contributed by atoms with van der Waals surface area (Å²) < 4.78 is 7.99. The molecule has 29 heavy (non-hydrogen) atoms. The van der Waals surface area contributed by atoms with Crippen LogP contribution < -0.4 is 10.9 Å². The molecule has 0 unspecified atom stereocenters. The number of rotatable bonds is 3. The largest absolute Gasteiger partial charge is 0.439 e. The molecule has 3 heterocycles. The average molecular weight is 381 g/mol. The van der Waals surface area contributed by atoms with Gasteiger partial charge in [0.05, 0.1) is 16.5 Å². The second-order valence-corrected chi connectivity index (χ2v) is 7.07. The molecule has 0 aliphatic carbocycles. The Morgan fingerprint density at radius 1 is 0.966 bits per heavy atom. The van der Waals surface area contributed by atoms with E-state index in [1.807, 2.05) is 67.6 Å². The molecule has 1 N–H and O–H groups in total. The van der Waals surface area contributed by atoms with Crippen molar-refractivity contribution in [2.75, 3.05) is 5.32 Å². The average Bonchev–Trinajstić information content (AvgIpc) is 3.14. The third kappa shape index (κ3) is 2.70. The molecular formula is C24H19N3O2. The van der Waals surface area contributed by atoms with Gasteiger partial charge in [0.2, 0.25) is 5.88 Å². The van der Waals surface area contributed by atoms with Crippen molar-refractivity contribution < 1.29 is 4.42 Å². The van der Waals surface area contributed by atoms with E-state index in [2.05, 4.69) is 10.3 Å². The lowest BCUT2D eigenvalue weighted by atomic mass is 10.0. The van der Waals surface area contributed by atoms with Crippen molar-refractivity contribution in [3.05, 3.63) is 89.0 Å². The number of para-hydroxylation sites is 2. The van der Waals surface area contributed by atoms with E-state index in [-0.39, 0.29) is 5.56 Å². The zero-order valence-corrected chi connectivity index (χ0v) is 16.1. The summed E-state index contributed by atoms with van der Waals surface area (Å²) in [6.45, 7) is 2.03. The molecule has 0 radical (unpaired) electrons. The summed E-state index contributed by atoms with van der Waals surface area (Å²) in [5.74, 6) is 0.550. The summed E-state index contributed by atoms with van der Waals surface area (Å²) in [5.41, 5.74) is 4.98. The van der Waals surface area contributed by atoms with Gasteiger partial charge in [-0.15, -0.1) is 0 Å². The van der Waals surface area contributed by atoms with Crippen LogP contribution in [0.1, 0.15) is 5.56 Å². The van der Waals surface area contributed by atoms with Gasteiger partial charge in [0, 0.05) is 30.5 Å². The highest BCUT2D eigenvalue weighted by Gasteiger charge is 2.22. The van der Waals surface area contributed by atoms with Crippen LogP contribution in [0.2, 0.25) is 0 Å². The molecule has 0 atom stereocenters. The van der Waals surface area contributed by atoms with Gasteiger partial charge in [-0.3, -0.25) is 9.78 Å². The predicted octanol–water partition coefficient (Wildman–Crippen LogP) is 5.40. The number of hydrogen-bond donors (Lipinski definition) is 1. The van der Waals surface area contributed by atoms with Crippen molar-refractivity contribution in [3.63, 3.8) is 0 Å². The Bertz CT molecular complexity index is 1420. The molecule has 0 saturated heterocycles. The van der Waals surface area contributed by atoms with Gasteiger partial charge in [-0.25, -0.2) is 0 Å². The van der Waals surface area contributed by atoms with E-state index in [9.17, 15) is 4.79 Å². The molecule has 0 bridgehead atoms. The lowest BCUT2D eigenvalue weighted by Crippen LogP contribution is -2.17. The number of benzene rings is 2. The molecule has 2 aromatic carbocycles. The molecule has 5 nitrogen and oxygen atoms in total. The fourth-order valence-electron chi connectivity index (χ4n) is 3.78. The molecule has 5 rings (SSSR count). The maximum Gasteiger partial charge on any atom is 0.262 e. The maximum atomic E-state index is 13.3. The third-order valence-electron chi connectivity index (χ3n) is 5.30. The zero-order valence-electron chi connectivity index (χ0n) is 16.1. The third-order valence-corrected chi connectivity index (χ3v) is 5.30. The summed E-state index contributed by atoms with van der Waals surface area (Å²) >= 11 is 0. The number of nitrogens with one attached hydrogen (secondary N) is 1. The minimum atomic E-state index is -0.0907. The van der Waals surface area contributed by atoms with Crippen molar-refractivity contribution in [2.24, 2.45) is 7.05 Å². The van der Waals surface area contributed by atoms with Gasteiger partial charge < -0.3 is 14.3 Å². The minimum absolute atomic E-state index is 0.0907. The first-order valence-electron chi connectivity index (χ1n) is 9.42. The summed E-state index contributed by atoms with van der Waals surface area (Å²) in [4.78, 5) is 17.4. The SMILES string of the molecule is Cc1ccccc1Nc1oc2c(c1-c1ccncc1)c(=O)n(C)c1ccccc21. The van der Waals surface area contributed by atoms with E-state index in [1.165, 1.54) is 0 Å².